The smallest absolute Gasteiger partial charge is 0.0887 e. The summed E-state index contributed by atoms with van der Waals surface area (Å²) in [5, 5.41) is 0. The predicted octanol–water partition coefficient (Wildman–Crippen LogP) is 3.64. The topological polar surface area (TPSA) is 18.5 Å². The zero-order valence-electron chi connectivity index (χ0n) is 12.1. The molecule has 0 aromatic heterocycles. The molecule has 1 aliphatic heterocycles. The first-order valence-electron chi connectivity index (χ1n) is 6.34. The molecule has 1 rings (SSSR count). The number of hydrogen-bond donors (Lipinski definition) is 0. The van der Waals surface area contributed by atoms with Crippen LogP contribution in [0.1, 0.15) is 55.4 Å². The molecule has 0 aromatic rings. The molecule has 2 heteroatoms. The summed E-state index contributed by atoms with van der Waals surface area (Å²) in [5.41, 5.74) is 0.256. The molecule has 0 aliphatic carbocycles. The lowest BCUT2D eigenvalue weighted by Crippen LogP contribution is -2.55. The van der Waals surface area contributed by atoms with Crippen LogP contribution >= 0.6 is 0 Å². The third-order valence-corrected chi connectivity index (χ3v) is 3.28. The molecule has 4 atom stereocenters. The third-order valence-electron chi connectivity index (χ3n) is 3.28. The summed E-state index contributed by atoms with van der Waals surface area (Å²) in [5.74, 6) is 0. The first-order chi connectivity index (χ1) is 7.03. The van der Waals surface area contributed by atoms with Crippen LogP contribution in [0.25, 0.3) is 0 Å². The normalized spacial score (nSPS) is 37.5. The average molecular weight is 228 g/mol. The molecule has 16 heavy (non-hydrogen) atoms. The monoisotopic (exact) mass is 228 g/mol. The van der Waals surface area contributed by atoms with E-state index in [1.54, 1.807) is 0 Å². The maximum absolute atomic E-state index is 6.31. The van der Waals surface area contributed by atoms with Gasteiger partial charge in [0.25, 0.3) is 0 Å². The maximum Gasteiger partial charge on any atom is 0.0887 e. The first kappa shape index (κ1) is 14.0. The van der Waals surface area contributed by atoms with E-state index in [0.29, 0.717) is 0 Å². The summed E-state index contributed by atoms with van der Waals surface area (Å²) in [6.07, 6.45) is 0.697. The summed E-state index contributed by atoms with van der Waals surface area (Å²) in [4.78, 5) is 0. The van der Waals surface area contributed by atoms with Crippen LogP contribution in [0.15, 0.2) is 0 Å². The molecule has 0 radical (unpaired) electrons. The fourth-order valence-corrected chi connectivity index (χ4v) is 2.68. The van der Waals surface area contributed by atoms with Crippen molar-refractivity contribution in [3.63, 3.8) is 0 Å². The molecular formula is C14H28O2. The van der Waals surface area contributed by atoms with Gasteiger partial charge in [0.2, 0.25) is 0 Å². The van der Waals surface area contributed by atoms with Crippen molar-refractivity contribution in [2.45, 2.75) is 79.8 Å². The quantitative estimate of drug-likeness (QED) is 0.630. The minimum absolute atomic E-state index is 0.128. The van der Waals surface area contributed by atoms with E-state index < -0.39 is 0 Å². The Labute approximate surface area is 101 Å². The van der Waals surface area contributed by atoms with E-state index in [-0.39, 0.29) is 35.2 Å². The highest BCUT2D eigenvalue weighted by atomic mass is 16.6. The van der Waals surface area contributed by atoms with Gasteiger partial charge in [-0.15, -0.1) is 0 Å². The molecule has 0 saturated carbocycles. The van der Waals surface area contributed by atoms with Crippen molar-refractivity contribution in [2.24, 2.45) is 10.8 Å². The Morgan fingerprint density at radius 2 is 0.938 bits per heavy atom. The summed E-state index contributed by atoms with van der Waals surface area (Å²) >= 11 is 0. The van der Waals surface area contributed by atoms with Crippen LogP contribution in [-0.2, 0) is 9.47 Å². The van der Waals surface area contributed by atoms with Crippen molar-refractivity contribution >= 4 is 0 Å². The number of hydrogen-bond acceptors (Lipinski definition) is 2. The molecule has 1 fully saturated rings. The SMILES string of the molecule is C[C@@H]1O[C@H](C)[C@@H](C(C)(C)C)O[C@H]1C(C)(C)C. The lowest BCUT2D eigenvalue weighted by atomic mass is 9.81. The van der Waals surface area contributed by atoms with Crippen LogP contribution in [-0.4, -0.2) is 24.4 Å². The van der Waals surface area contributed by atoms with Crippen molar-refractivity contribution in [3.05, 3.63) is 0 Å². The molecule has 1 saturated heterocycles. The maximum atomic E-state index is 6.31. The van der Waals surface area contributed by atoms with Gasteiger partial charge in [0, 0.05) is 0 Å². The highest BCUT2D eigenvalue weighted by Crippen LogP contribution is 2.38. The fraction of sp³-hybridized carbons (Fsp3) is 1.00. The Kier molecular flexibility index (Phi) is 3.76. The van der Waals surface area contributed by atoms with E-state index in [2.05, 4.69) is 55.4 Å². The van der Waals surface area contributed by atoms with Gasteiger partial charge in [-0.3, -0.25) is 0 Å². The number of ether oxygens (including phenoxy) is 2. The zero-order chi connectivity index (χ0) is 12.7. The second-order valence-corrected chi connectivity index (χ2v) is 7.26. The van der Waals surface area contributed by atoms with Crippen molar-refractivity contribution in [3.8, 4) is 0 Å². The molecule has 0 amide bonds. The minimum Gasteiger partial charge on any atom is -0.370 e. The zero-order valence-corrected chi connectivity index (χ0v) is 12.1. The van der Waals surface area contributed by atoms with Gasteiger partial charge in [0.15, 0.2) is 0 Å². The van der Waals surface area contributed by atoms with E-state index in [0.717, 1.165) is 0 Å². The molecule has 0 spiro atoms. The standard InChI is InChI=1S/C14H28O2/c1-9-11(13(3,4)5)16-12(10(2)15-9)14(6,7)8/h9-12H,1-8H3/t9-,10+,11+,12-. The Balaban J connectivity index is 2.85. The van der Waals surface area contributed by atoms with Crippen molar-refractivity contribution in [1.29, 1.82) is 0 Å². The van der Waals surface area contributed by atoms with Gasteiger partial charge in [-0.1, -0.05) is 41.5 Å². The van der Waals surface area contributed by atoms with Gasteiger partial charge < -0.3 is 9.47 Å². The van der Waals surface area contributed by atoms with Crippen LogP contribution in [0.3, 0.4) is 0 Å². The molecule has 1 aliphatic rings. The summed E-state index contributed by atoms with van der Waals surface area (Å²) in [6.45, 7) is 17.5. The Bertz CT molecular complexity index is 210. The second kappa shape index (κ2) is 4.30. The lowest BCUT2D eigenvalue weighted by molar-refractivity contribution is -0.257. The third kappa shape index (κ3) is 2.98. The van der Waals surface area contributed by atoms with E-state index in [1.807, 2.05) is 0 Å². The summed E-state index contributed by atoms with van der Waals surface area (Å²) in [6, 6.07) is 0. The van der Waals surface area contributed by atoms with E-state index in [9.17, 15) is 0 Å². The first-order valence-corrected chi connectivity index (χ1v) is 6.34. The van der Waals surface area contributed by atoms with Gasteiger partial charge >= 0.3 is 0 Å². The Morgan fingerprint density at radius 3 is 1.19 bits per heavy atom. The Morgan fingerprint density at radius 1 is 0.625 bits per heavy atom. The van der Waals surface area contributed by atoms with E-state index >= 15 is 0 Å². The summed E-state index contributed by atoms with van der Waals surface area (Å²) < 4.78 is 12.4. The van der Waals surface area contributed by atoms with Crippen LogP contribution in [0, 0.1) is 10.8 Å². The number of rotatable bonds is 0. The molecule has 0 unspecified atom stereocenters. The molecule has 0 bridgehead atoms. The predicted molar refractivity (Wildman–Crippen MR) is 67.6 cm³/mol. The molecule has 0 aromatic carbocycles. The lowest BCUT2D eigenvalue weighted by Gasteiger charge is -2.48. The van der Waals surface area contributed by atoms with Crippen LogP contribution < -0.4 is 0 Å². The van der Waals surface area contributed by atoms with Gasteiger partial charge in [-0.25, -0.2) is 0 Å². The van der Waals surface area contributed by atoms with E-state index in [1.165, 1.54) is 0 Å². The van der Waals surface area contributed by atoms with Gasteiger partial charge in [-0.05, 0) is 24.7 Å². The van der Waals surface area contributed by atoms with E-state index in [4.69, 9.17) is 9.47 Å². The van der Waals surface area contributed by atoms with Crippen molar-refractivity contribution < 1.29 is 9.47 Å². The van der Waals surface area contributed by atoms with Crippen LogP contribution in [0.5, 0.6) is 0 Å². The molecule has 96 valence electrons. The Hall–Kier alpha value is -0.0800. The fourth-order valence-electron chi connectivity index (χ4n) is 2.68. The minimum atomic E-state index is 0.128. The van der Waals surface area contributed by atoms with Gasteiger partial charge in [0.1, 0.15) is 0 Å². The van der Waals surface area contributed by atoms with Crippen molar-refractivity contribution in [1.82, 2.24) is 0 Å². The highest BCUT2D eigenvalue weighted by molar-refractivity contribution is 4.91. The largest absolute Gasteiger partial charge is 0.370 e. The highest BCUT2D eigenvalue weighted by Gasteiger charge is 2.44. The molecular weight excluding hydrogens is 200 g/mol. The average Bonchev–Trinajstić information content (AvgIpc) is 1.97. The molecule has 0 N–H and O–H groups in total. The second-order valence-electron chi connectivity index (χ2n) is 7.26. The van der Waals surface area contributed by atoms with Crippen molar-refractivity contribution in [2.75, 3.05) is 0 Å². The van der Waals surface area contributed by atoms with Gasteiger partial charge in [-0.2, -0.15) is 0 Å². The van der Waals surface area contributed by atoms with Gasteiger partial charge in [0.05, 0.1) is 24.4 Å². The van der Waals surface area contributed by atoms with Crippen LogP contribution in [0.2, 0.25) is 0 Å². The molecule has 1 heterocycles. The van der Waals surface area contributed by atoms with Crippen LogP contribution in [0.4, 0.5) is 0 Å². The molecule has 2 nitrogen and oxygen atoms in total. The summed E-state index contributed by atoms with van der Waals surface area (Å²) in [7, 11) is 0.